The number of carbonyl (C=O) groups excluding carboxylic acids is 1. The summed E-state index contributed by atoms with van der Waals surface area (Å²) in [5.74, 6) is 1.74. The van der Waals surface area contributed by atoms with Crippen LogP contribution < -0.4 is 19.8 Å². The van der Waals surface area contributed by atoms with Crippen molar-refractivity contribution in [1.29, 1.82) is 0 Å². The number of nitrogens with zero attached hydrogens (tertiary/aromatic N) is 5. The van der Waals surface area contributed by atoms with Gasteiger partial charge in [-0.05, 0) is 36.3 Å². The summed E-state index contributed by atoms with van der Waals surface area (Å²) >= 11 is 6.66. The van der Waals surface area contributed by atoms with Crippen LogP contribution in [0, 0.1) is 0 Å². The van der Waals surface area contributed by atoms with Crippen LogP contribution in [-0.4, -0.2) is 84.4 Å². The molecule has 1 unspecified atom stereocenters. The van der Waals surface area contributed by atoms with Crippen LogP contribution in [0.15, 0.2) is 36.7 Å². The molecule has 1 radical (unpaired) electrons. The fourth-order valence-electron chi connectivity index (χ4n) is 4.83. The van der Waals surface area contributed by atoms with Crippen LogP contribution in [0.25, 0.3) is 11.3 Å². The first-order valence-corrected chi connectivity index (χ1v) is 17.9. The molecule has 0 amide bonds. The number of aromatic nitrogens is 3. The lowest BCUT2D eigenvalue weighted by Crippen LogP contribution is -2.46. The molecule has 0 aliphatic carbocycles. The highest BCUT2D eigenvalue weighted by Crippen LogP contribution is 2.44. The molecule has 1 aliphatic heterocycles. The number of benzene rings is 1. The number of likely N-dealkylation sites (N-methyl/N-ethyl adjacent to an activating group) is 1. The summed E-state index contributed by atoms with van der Waals surface area (Å²) in [6.45, 7) is 15.7. The highest BCUT2D eigenvalue weighted by atomic mass is 35.5. The molecule has 10 nitrogen and oxygen atoms in total. The SMILES string of the molecule is COCCN(C)c1cc(OC)c(Nc2nccc(-c3cnc4c(c3)C(C)(CO[Si](C)(C)C(C)(C)C)CN4[B]C=O)n2)cc1Cl. The van der Waals surface area contributed by atoms with Crippen molar-refractivity contribution in [2.24, 2.45) is 0 Å². The molecule has 1 atom stereocenters. The van der Waals surface area contributed by atoms with Crippen molar-refractivity contribution in [3.8, 4) is 17.0 Å². The summed E-state index contributed by atoms with van der Waals surface area (Å²) in [4.78, 5) is 29.4. The first-order chi connectivity index (χ1) is 20.7. The van der Waals surface area contributed by atoms with Crippen LogP contribution in [0.2, 0.25) is 23.2 Å². The van der Waals surface area contributed by atoms with Crippen LogP contribution in [0.1, 0.15) is 33.3 Å². The van der Waals surface area contributed by atoms with Gasteiger partial charge in [0.25, 0.3) is 0 Å². The quantitative estimate of drug-likeness (QED) is 0.179. The number of anilines is 4. The van der Waals surface area contributed by atoms with Crippen LogP contribution in [0.4, 0.5) is 23.1 Å². The fourth-order valence-corrected chi connectivity index (χ4v) is 6.25. The number of rotatable bonds is 13. The Balaban J connectivity index is 1.64. The molecular formula is C31H43BClN6O4Si. The topological polar surface area (TPSA) is 102 Å². The van der Waals surface area contributed by atoms with Crippen molar-refractivity contribution in [2.75, 3.05) is 62.6 Å². The minimum absolute atomic E-state index is 0.0804. The first-order valence-electron chi connectivity index (χ1n) is 14.6. The van der Waals surface area contributed by atoms with Gasteiger partial charge in [0.05, 0.1) is 35.8 Å². The maximum Gasteiger partial charge on any atom is 0.330 e. The zero-order chi connectivity index (χ0) is 32.3. The summed E-state index contributed by atoms with van der Waals surface area (Å²) in [6.07, 6.45) is 4.27. The second-order valence-electron chi connectivity index (χ2n) is 12.9. The molecule has 1 aliphatic rings. The molecule has 1 N–H and O–H groups in total. The number of ether oxygens (including phenoxy) is 2. The standard InChI is InChI=1S/C31H43BClN6O4Si/c1-30(2,3)44(8,9)43-19-31(4)18-39(32-20-40)28-22(31)14-21(17-35-28)24-10-11-34-29(36-24)37-25-15-23(33)26(16-27(25)42-7)38(5)12-13-41-6/h10-11,14-17,20H,12-13,18-19H2,1-9H3,(H,34,36,37). The zero-order valence-electron chi connectivity index (χ0n) is 27.2. The van der Waals surface area contributed by atoms with Crippen molar-refractivity contribution in [2.45, 2.75) is 51.2 Å². The lowest BCUT2D eigenvalue weighted by molar-refractivity contribution is 0.206. The van der Waals surface area contributed by atoms with Gasteiger partial charge in [-0.2, -0.15) is 0 Å². The lowest BCUT2D eigenvalue weighted by Gasteiger charge is -2.39. The molecule has 235 valence electrons. The van der Waals surface area contributed by atoms with Gasteiger partial charge in [-0.3, -0.25) is 0 Å². The molecular weight excluding hydrogens is 595 g/mol. The number of carbonyl (C=O) groups is 1. The van der Waals surface area contributed by atoms with Crippen LogP contribution >= 0.6 is 11.6 Å². The fraction of sp³-hybridized carbons (Fsp3) is 0.484. The van der Waals surface area contributed by atoms with Crippen molar-refractivity contribution in [1.82, 2.24) is 15.0 Å². The van der Waals surface area contributed by atoms with Gasteiger partial charge in [0.2, 0.25) is 5.95 Å². The van der Waals surface area contributed by atoms with E-state index in [1.165, 1.54) is 7.41 Å². The number of halogens is 1. The summed E-state index contributed by atoms with van der Waals surface area (Å²) in [6, 6.07) is 7.63. The van der Waals surface area contributed by atoms with Gasteiger partial charge in [-0.1, -0.05) is 39.3 Å². The Hall–Kier alpha value is -3.19. The minimum atomic E-state index is -2.01. The lowest BCUT2D eigenvalue weighted by atomic mass is 9.85. The van der Waals surface area contributed by atoms with Gasteiger partial charge in [0.15, 0.2) is 8.32 Å². The van der Waals surface area contributed by atoms with Gasteiger partial charge in [-0.25, -0.2) is 15.0 Å². The van der Waals surface area contributed by atoms with Crippen LogP contribution in [0.3, 0.4) is 0 Å². The van der Waals surface area contributed by atoms with E-state index in [4.69, 9.17) is 35.5 Å². The van der Waals surface area contributed by atoms with Gasteiger partial charge >= 0.3 is 7.41 Å². The molecule has 3 heterocycles. The van der Waals surface area contributed by atoms with Crippen LogP contribution in [0.5, 0.6) is 5.75 Å². The average Bonchev–Trinajstić information content (AvgIpc) is 3.25. The molecule has 0 spiro atoms. The minimum Gasteiger partial charge on any atom is -0.494 e. The molecule has 4 rings (SSSR count). The molecule has 0 bridgehead atoms. The monoisotopic (exact) mass is 637 g/mol. The number of hydrogen-bond acceptors (Lipinski definition) is 10. The predicted octanol–water partition coefficient (Wildman–Crippen LogP) is 5.94. The number of pyridine rings is 1. The van der Waals surface area contributed by atoms with Gasteiger partial charge < -0.3 is 33.7 Å². The van der Waals surface area contributed by atoms with E-state index in [1.807, 2.05) is 28.9 Å². The smallest absolute Gasteiger partial charge is 0.330 e. The number of nitrogens with one attached hydrogen (secondary N) is 1. The van der Waals surface area contributed by atoms with Crippen molar-refractivity contribution >= 4 is 56.7 Å². The molecule has 1 aromatic carbocycles. The van der Waals surface area contributed by atoms with E-state index in [0.717, 1.165) is 28.8 Å². The maximum atomic E-state index is 11.5. The Kier molecular flexibility index (Phi) is 10.3. The Morgan fingerprint density at radius 2 is 1.98 bits per heavy atom. The summed E-state index contributed by atoms with van der Waals surface area (Å²) < 4.78 is 17.5. The van der Waals surface area contributed by atoms with Crippen molar-refractivity contribution in [3.63, 3.8) is 0 Å². The van der Waals surface area contributed by atoms with E-state index < -0.39 is 8.32 Å². The second kappa shape index (κ2) is 13.4. The Bertz CT molecular complexity index is 1490. The first kappa shape index (κ1) is 33.7. The van der Waals surface area contributed by atoms with E-state index in [0.29, 0.717) is 54.4 Å². The summed E-state index contributed by atoms with van der Waals surface area (Å²) in [5.41, 5.74) is 3.64. The largest absolute Gasteiger partial charge is 0.494 e. The third kappa shape index (κ3) is 7.20. The zero-order valence-corrected chi connectivity index (χ0v) is 29.0. The molecule has 0 saturated heterocycles. The van der Waals surface area contributed by atoms with E-state index in [1.54, 1.807) is 32.7 Å². The number of methoxy groups -OCH3 is 2. The predicted molar refractivity (Wildman–Crippen MR) is 182 cm³/mol. The highest BCUT2D eigenvalue weighted by molar-refractivity contribution is 6.74. The number of fused-ring (bicyclic) bond motifs is 1. The molecule has 2 aromatic heterocycles. The third-order valence-electron chi connectivity index (χ3n) is 8.62. The second-order valence-corrected chi connectivity index (χ2v) is 18.1. The Labute approximate surface area is 267 Å². The highest BCUT2D eigenvalue weighted by Gasteiger charge is 2.44. The van der Waals surface area contributed by atoms with E-state index in [2.05, 4.69) is 57.2 Å². The molecule has 0 saturated carbocycles. The van der Waals surface area contributed by atoms with Gasteiger partial charge in [-0.15, -0.1) is 0 Å². The van der Waals surface area contributed by atoms with Crippen LogP contribution in [-0.2, 0) is 19.4 Å². The van der Waals surface area contributed by atoms with Crippen molar-refractivity contribution < 1.29 is 18.7 Å². The van der Waals surface area contributed by atoms with E-state index in [9.17, 15) is 4.79 Å². The van der Waals surface area contributed by atoms with Gasteiger partial charge in [0.1, 0.15) is 17.8 Å². The van der Waals surface area contributed by atoms with Crippen molar-refractivity contribution in [3.05, 3.63) is 47.2 Å². The number of hydrogen-bond donors (Lipinski definition) is 1. The van der Waals surface area contributed by atoms with E-state index >= 15 is 0 Å². The molecule has 44 heavy (non-hydrogen) atoms. The van der Waals surface area contributed by atoms with E-state index in [-0.39, 0.29) is 10.5 Å². The molecule has 13 heteroatoms. The molecule has 0 fully saturated rings. The normalized spacial score (nSPS) is 16.5. The maximum absolute atomic E-state index is 11.5. The summed E-state index contributed by atoms with van der Waals surface area (Å²) in [7, 11) is 4.75. The Morgan fingerprint density at radius 3 is 2.64 bits per heavy atom. The summed E-state index contributed by atoms with van der Waals surface area (Å²) in [5, 5.41) is 3.90. The average molecular weight is 638 g/mol. The van der Waals surface area contributed by atoms with Gasteiger partial charge in [0, 0.05) is 68.9 Å². The Morgan fingerprint density at radius 1 is 1.23 bits per heavy atom. The molecule has 3 aromatic rings. The third-order valence-corrected chi connectivity index (χ3v) is 13.4.